The van der Waals surface area contributed by atoms with Crippen molar-refractivity contribution in [2.45, 2.75) is 76.6 Å². The Morgan fingerprint density at radius 1 is 0.986 bits per heavy atom. The average molecular weight is 1010 g/mol. The molecular formula is C50H58Cl2N10O9. The van der Waals surface area contributed by atoms with Crippen molar-refractivity contribution in [2.75, 3.05) is 63.2 Å². The van der Waals surface area contributed by atoms with E-state index < -0.39 is 11.9 Å². The van der Waals surface area contributed by atoms with E-state index in [1.807, 2.05) is 58.0 Å². The number of nitrogens with one attached hydrogen (secondary N) is 1. The van der Waals surface area contributed by atoms with Crippen molar-refractivity contribution in [3.05, 3.63) is 98.8 Å². The van der Waals surface area contributed by atoms with Crippen LogP contribution in [0.25, 0.3) is 11.4 Å². The summed E-state index contributed by atoms with van der Waals surface area (Å²) in [6.45, 7) is 1.60. The van der Waals surface area contributed by atoms with Gasteiger partial charge < -0.3 is 48.2 Å². The van der Waals surface area contributed by atoms with E-state index in [0.29, 0.717) is 78.1 Å². The molecule has 21 heteroatoms. The van der Waals surface area contributed by atoms with Gasteiger partial charge in [-0.1, -0.05) is 47.5 Å². The molecule has 71 heavy (non-hydrogen) atoms. The number of aldehydes is 1. The van der Waals surface area contributed by atoms with Gasteiger partial charge in [0.05, 0.1) is 48.8 Å². The number of fused-ring (bicyclic) bond motifs is 1. The number of hydrogen-bond donors (Lipinski definition) is 1. The summed E-state index contributed by atoms with van der Waals surface area (Å²) < 4.78 is 20.5. The number of anilines is 3. The van der Waals surface area contributed by atoms with Crippen molar-refractivity contribution in [2.24, 2.45) is 12.5 Å². The highest BCUT2D eigenvalue weighted by Crippen LogP contribution is 2.52. The first kappa shape index (κ1) is 51.8. The van der Waals surface area contributed by atoms with Crippen molar-refractivity contribution >= 4 is 70.7 Å². The van der Waals surface area contributed by atoms with Crippen molar-refractivity contribution in [1.29, 1.82) is 0 Å². The minimum atomic E-state index is -0.637. The molecule has 1 unspecified atom stereocenters. The number of rotatable bonds is 18. The normalized spacial score (nSPS) is 15.2. The zero-order chi connectivity index (χ0) is 51.0. The number of likely N-dealkylation sites (tertiary alicyclic amines) is 1. The summed E-state index contributed by atoms with van der Waals surface area (Å²) in [5, 5.41) is 3.77. The first-order valence-electron chi connectivity index (χ1n) is 23.2. The Bertz CT molecular complexity index is 2810. The second kappa shape index (κ2) is 22.8. The second-order valence-electron chi connectivity index (χ2n) is 17.8. The molecule has 2 aromatic carbocycles. The van der Waals surface area contributed by atoms with Gasteiger partial charge in [-0.25, -0.2) is 9.97 Å². The molecule has 3 aliphatic rings. The van der Waals surface area contributed by atoms with Crippen LogP contribution < -0.4 is 39.8 Å². The molecular weight excluding hydrogens is 956 g/mol. The smallest absolute Gasteiger partial charge is 0.319 e. The van der Waals surface area contributed by atoms with Gasteiger partial charge in [-0.05, 0) is 74.3 Å². The zero-order valence-corrected chi connectivity index (χ0v) is 42.1. The van der Waals surface area contributed by atoms with Crippen LogP contribution in [-0.4, -0.2) is 120 Å². The summed E-state index contributed by atoms with van der Waals surface area (Å²) in [4.78, 5) is 96.6. The number of carbonyl (C=O) groups is 5. The Kier molecular flexibility index (Phi) is 16.7. The van der Waals surface area contributed by atoms with E-state index in [1.165, 1.54) is 47.0 Å². The number of imidazole rings is 1. The number of benzene rings is 2. The maximum absolute atomic E-state index is 13.9. The Morgan fingerprint density at radius 3 is 2.35 bits per heavy atom. The minimum absolute atomic E-state index is 0.0245. The van der Waals surface area contributed by atoms with Gasteiger partial charge >= 0.3 is 6.01 Å². The van der Waals surface area contributed by atoms with Gasteiger partial charge in [-0.15, -0.1) is 0 Å². The van der Waals surface area contributed by atoms with Crippen LogP contribution >= 0.6 is 23.2 Å². The van der Waals surface area contributed by atoms with Crippen molar-refractivity contribution in [1.82, 2.24) is 34.3 Å². The maximum atomic E-state index is 13.9. The highest BCUT2D eigenvalue weighted by atomic mass is 35.5. The third-order valence-electron chi connectivity index (χ3n) is 13.3. The van der Waals surface area contributed by atoms with E-state index in [9.17, 15) is 28.8 Å². The summed E-state index contributed by atoms with van der Waals surface area (Å²) >= 11 is 11.8. The Hall–Kier alpha value is -6.99. The summed E-state index contributed by atoms with van der Waals surface area (Å²) in [7, 11) is 9.41. The molecule has 4 amide bonds. The van der Waals surface area contributed by atoms with Gasteiger partial charge in [-0.2, -0.15) is 4.98 Å². The third-order valence-corrected chi connectivity index (χ3v) is 13.8. The fourth-order valence-corrected chi connectivity index (χ4v) is 9.94. The molecule has 2 fully saturated rings. The van der Waals surface area contributed by atoms with Crippen LogP contribution in [0.4, 0.5) is 17.1 Å². The Labute approximate surface area is 421 Å². The van der Waals surface area contributed by atoms with Crippen LogP contribution in [0.3, 0.4) is 0 Å². The first-order valence-corrected chi connectivity index (χ1v) is 24.0. The molecule has 5 heterocycles. The lowest BCUT2D eigenvalue weighted by molar-refractivity contribution is -0.136. The predicted molar refractivity (Wildman–Crippen MR) is 269 cm³/mol. The SMILES string of the molecule is CNC(=O)C(CCC=O)N(C)c1cccc(OC2CC3(CCN(C(=O)CCCn4c(-c5cnc(OC)nc5OC)nc5c4CN(c4cc(Cl)cn(C)c4=O)C5=O)CC3)C2)c1N(C)C=O.Clc1ccccc1. The second-order valence-corrected chi connectivity index (χ2v) is 18.6. The monoisotopic (exact) mass is 1010 g/mol. The number of piperidine rings is 1. The van der Waals surface area contributed by atoms with Crippen LogP contribution in [0.15, 0.2) is 71.8 Å². The highest BCUT2D eigenvalue weighted by molar-refractivity contribution is 6.31. The molecule has 1 atom stereocenters. The molecule has 1 saturated carbocycles. The lowest BCUT2D eigenvalue weighted by Crippen LogP contribution is -2.52. The topological polar surface area (TPSA) is 204 Å². The molecule has 2 aliphatic heterocycles. The Balaban J connectivity index is 0.000000973. The summed E-state index contributed by atoms with van der Waals surface area (Å²) in [5.74, 6) is 0.423. The van der Waals surface area contributed by atoms with Crippen LogP contribution in [0.1, 0.15) is 67.5 Å². The lowest BCUT2D eigenvalue weighted by Gasteiger charge is -2.52. The number of amides is 4. The highest BCUT2D eigenvalue weighted by Gasteiger charge is 2.48. The van der Waals surface area contributed by atoms with Crippen LogP contribution in [-0.2, 0) is 39.3 Å². The number of likely N-dealkylation sites (N-methyl/N-ethyl adjacent to an activating group) is 2. The van der Waals surface area contributed by atoms with Crippen molar-refractivity contribution in [3.8, 4) is 29.0 Å². The summed E-state index contributed by atoms with van der Waals surface area (Å²) in [6, 6.07) is 15.8. The van der Waals surface area contributed by atoms with E-state index in [-0.39, 0.29) is 71.6 Å². The third kappa shape index (κ3) is 11.3. The van der Waals surface area contributed by atoms with Crippen molar-refractivity contribution in [3.63, 3.8) is 0 Å². The number of carbonyl (C=O) groups excluding carboxylic acids is 5. The predicted octanol–water partition coefficient (Wildman–Crippen LogP) is 5.96. The molecule has 19 nitrogen and oxygen atoms in total. The quantitative estimate of drug-likeness (QED) is 0.101. The molecule has 8 rings (SSSR count). The molecule has 1 N–H and O–H groups in total. The van der Waals surface area contributed by atoms with E-state index in [0.717, 1.165) is 37.0 Å². The average Bonchev–Trinajstić information content (AvgIpc) is 3.89. The Morgan fingerprint density at radius 2 is 1.72 bits per heavy atom. The van der Waals surface area contributed by atoms with Gasteiger partial charge in [0, 0.05) is 78.1 Å². The number of para-hydroxylation sites is 1. The number of aryl methyl sites for hydroxylation is 1. The first-order chi connectivity index (χ1) is 34.2. The molecule has 1 saturated heterocycles. The van der Waals surface area contributed by atoms with Gasteiger partial charge in [0.25, 0.3) is 11.5 Å². The fraction of sp³-hybridized carbons (Fsp3) is 0.420. The van der Waals surface area contributed by atoms with Gasteiger partial charge in [-0.3, -0.25) is 28.9 Å². The molecule has 5 aromatic rings. The largest absolute Gasteiger partial charge is 0.488 e. The molecule has 0 radical (unpaired) electrons. The van der Waals surface area contributed by atoms with E-state index in [2.05, 4.69) is 15.3 Å². The fourth-order valence-electron chi connectivity index (χ4n) is 9.54. The van der Waals surface area contributed by atoms with Crippen LogP contribution in [0.2, 0.25) is 10.0 Å². The number of nitrogens with zero attached hydrogens (tertiary/aromatic N) is 9. The number of hydrogen-bond acceptors (Lipinski definition) is 13. The number of halogens is 2. The van der Waals surface area contributed by atoms with E-state index in [4.69, 9.17) is 42.4 Å². The van der Waals surface area contributed by atoms with Gasteiger partial charge in [0.15, 0.2) is 5.69 Å². The van der Waals surface area contributed by atoms with E-state index >= 15 is 0 Å². The zero-order valence-electron chi connectivity index (χ0n) is 40.6. The van der Waals surface area contributed by atoms with Gasteiger partial charge in [0.1, 0.15) is 35.3 Å². The van der Waals surface area contributed by atoms with Crippen LogP contribution in [0.5, 0.6) is 17.6 Å². The molecule has 3 aromatic heterocycles. The minimum Gasteiger partial charge on any atom is -0.488 e. The number of methoxy groups -OCH3 is 2. The van der Waals surface area contributed by atoms with Gasteiger partial charge in [0.2, 0.25) is 24.1 Å². The summed E-state index contributed by atoms with van der Waals surface area (Å²) in [5.41, 5.74) is 2.09. The number of ether oxygens (including phenoxy) is 3. The molecule has 376 valence electrons. The van der Waals surface area contributed by atoms with E-state index in [1.54, 1.807) is 33.1 Å². The number of aromatic nitrogens is 5. The summed E-state index contributed by atoms with van der Waals surface area (Å²) in [6.07, 6.45) is 8.81. The lowest BCUT2D eigenvalue weighted by atomic mass is 9.61. The maximum Gasteiger partial charge on any atom is 0.319 e. The molecule has 1 aliphatic carbocycles. The molecule has 0 bridgehead atoms. The number of pyridine rings is 1. The standard InChI is InChI=1S/C44H53ClN10O9.C6H5Cl/c1-46-39(59)31(11-9-19-56)52(4)30-10-7-12-34(37(30)51(3)26-57)64-28-21-44(22-28)14-17-53(18-15-44)35(58)13-8-16-54-33-25-55(32-20-27(45)24-50(2)41(32)60)42(61)36(33)48-38(54)29-23-47-43(63-6)49-40(29)62-5;7-6-4-2-1-3-5-6/h7,10,12,19-20,23-24,26,28,31H,8-9,11,13-18,21-22,25H2,1-6H3,(H,46,59);1-5H. The molecule has 1 spiro atoms. The van der Waals surface area contributed by atoms with Crippen LogP contribution in [0, 0.1) is 5.41 Å². The van der Waals surface area contributed by atoms with Crippen molar-refractivity contribution < 1.29 is 38.2 Å².